The third-order valence-corrected chi connectivity index (χ3v) is 4.13. The topological polar surface area (TPSA) is 65.5 Å². The van der Waals surface area contributed by atoms with Gasteiger partial charge in [-0.25, -0.2) is 9.78 Å². The third-order valence-electron chi connectivity index (χ3n) is 4.13. The molecule has 0 atom stereocenters. The summed E-state index contributed by atoms with van der Waals surface area (Å²) in [5, 5.41) is 11.9. The number of carbonyl (C=O) groups is 1. The van der Waals surface area contributed by atoms with Crippen LogP contribution >= 0.6 is 0 Å². The minimum absolute atomic E-state index is 0.959. The van der Waals surface area contributed by atoms with Crippen molar-refractivity contribution < 1.29 is 23.1 Å². The van der Waals surface area contributed by atoms with Crippen LogP contribution in [0.4, 0.5) is 18.9 Å². The molecule has 30 heavy (non-hydrogen) atoms. The van der Waals surface area contributed by atoms with Crippen LogP contribution in [0.3, 0.4) is 0 Å². The highest BCUT2D eigenvalue weighted by molar-refractivity contribution is 5.93. The quantitative estimate of drug-likeness (QED) is 0.557. The minimum atomic E-state index is -5.08. The maximum absolute atomic E-state index is 10.6. The summed E-state index contributed by atoms with van der Waals surface area (Å²) >= 11 is 0. The number of carboxylic acid groups (broad SMARTS) is 1. The van der Waals surface area contributed by atoms with E-state index in [1.165, 1.54) is 5.39 Å². The van der Waals surface area contributed by atoms with E-state index in [-0.39, 0.29) is 0 Å². The van der Waals surface area contributed by atoms with Gasteiger partial charge < -0.3 is 15.3 Å². The Morgan fingerprint density at radius 2 is 1.67 bits per heavy atom. The van der Waals surface area contributed by atoms with Crippen LogP contribution in [0.5, 0.6) is 0 Å². The van der Waals surface area contributed by atoms with Crippen LogP contribution < -0.4 is 5.32 Å². The fourth-order valence-electron chi connectivity index (χ4n) is 2.70. The average molecular weight is 419 g/mol. The summed E-state index contributed by atoms with van der Waals surface area (Å²) in [5.74, 6) is -2.76. The molecule has 3 rings (SSSR count). The highest BCUT2D eigenvalue weighted by Crippen LogP contribution is 2.28. The number of alkyl halides is 3. The molecule has 0 aliphatic carbocycles. The molecule has 0 saturated heterocycles. The van der Waals surface area contributed by atoms with Crippen molar-refractivity contribution in [3.63, 3.8) is 0 Å². The van der Waals surface area contributed by atoms with Gasteiger partial charge in [-0.1, -0.05) is 48.5 Å². The molecule has 0 fully saturated rings. The van der Waals surface area contributed by atoms with Crippen LogP contribution in [0, 0.1) is 0 Å². The maximum Gasteiger partial charge on any atom is 0.490 e. The SMILES string of the molecule is CN(C)CCCNc1cc(-c2ccccc2)nc2ccccc12.O=C(O)C(F)(F)F. The first kappa shape index (κ1) is 23.2. The Morgan fingerprint density at radius 3 is 2.27 bits per heavy atom. The number of carboxylic acids is 1. The highest BCUT2D eigenvalue weighted by Gasteiger charge is 2.38. The lowest BCUT2D eigenvalue weighted by atomic mass is 10.1. The number of nitrogens with one attached hydrogen (secondary N) is 1. The van der Waals surface area contributed by atoms with E-state index in [2.05, 4.69) is 72.8 Å². The van der Waals surface area contributed by atoms with Gasteiger partial charge in [0.25, 0.3) is 0 Å². The van der Waals surface area contributed by atoms with Crippen molar-refractivity contribution in [3.8, 4) is 11.3 Å². The van der Waals surface area contributed by atoms with Crippen molar-refractivity contribution in [1.82, 2.24) is 9.88 Å². The molecule has 2 N–H and O–H groups in total. The summed E-state index contributed by atoms with van der Waals surface area (Å²) in [6, 6.07) is 20.8. The Kier molecular flexibility index (Phi) is 8.17. The molecule has 0 saturated carbocycles. The van der Waals surface area contributed by atoms with E-state index >= 15 is 0 Å². The van der Waals surface area contributed by atoms with Gasteiger partial charge >= 0.3 is 12.1 Å². The molecule has 1 heterocycles. The standard InChI is InChI=1S/C20H23N3.C2HF3O2/c1-23(2)14-8-13-21-20-15-19(16-9-4-3-5-10-16)22-18-12-7-6-11-17(18)20;3-2(4,5)1(6)7/h3-7,9-12,15H,8,13-14H2,1-2H3,(H,21,22);(H,6,7). The second kappa shape index (κ2) is 10.6. The summed E-state index contributed by atoms with van der Waals surface area (Å²) in [4.78, 5) is 15.9. The number of anilines is 1. The van der Waals surface area contributed by atoms with Gasteiger partial charge in [0.2, 0.25) is 0 Å². The summed E-state index contributed by atoms with van der Waals surface area (Å²) in [6.07, 6.45) is -3.97. The Labute approximate surface area is 173 Å². The number of benzene rings is 2. The van der Waals surface area contributed by atoms with E-state index in [4.69, 9.17) is 14.9 Å². The van der Waals surface area contributed by atoms with Crippen LogP contribution in [0.1, 0.15) is 6.42 Å². The van der Waals surface area contributed by atoms with Crippen molar-refractivity contribution >= 4 is 22.6 Å². The van der Waals surface area contributed by atoms with Gasteiger partial charge in [-0.15, -0.1) is 0 Å². The van der Waals surface area contributed by atoms with Crippen molar-refractivity contribution in [3.05, 3.63) is 60.7 Å². The van der Waals surface area contributed by atoms with E-state index < -0.39 is 12.1 Å². The van der Waals surface area contributed by atoms with Gasteiger partial charge in [-0.2, -0.15) is 13.2 Å². The summed E-state index contributed by atoms with van der Waals surface area (Å²) in [5.41, 5.74) is 4.35. The lowest BCUT2D eigenvalue weighted by Gasteiger charge is -2.14. The summed E-state index contributed by atoms with van der Waals surface area (Å²) in [7, 11) is 4.21. The second-order valence-electron chi connectivity index (χ2n) is 6.82. The maximum atomic E-state index is 10.6. The highest BCUT2D eigenvalue weighted by atomic mass is 19.4. The van der Waals surface area contributed by atoms with Crippen molar-refractivity contribution in [2.75, 3.05) is 32.5 Å². The van der Waals surface area contributed by atoms with Gasteiger partial charge in [0.1, 0.15) is 0 Å². The van der Waals surface area contributed by atoms with Gasteiger partial charge in [0.15, 0.2) is 0 Å². The van der Waals surface area contributed by atoms with Crippen LogP contribution in [-0.4, -0.2) is 54.3 Å². The molecule has 0 unspecified atom stereocenters. The number of nitrogens with zero attached hydrogens (tertiary/aromatic N) is 2. The van der Waals surface area contributed by atoms with Gasteiger partial charge in [-0.05, 0) is 39.2 Å². The van der Waals surface area contributed by atoms with Crippen molar-refractivity contribution in [2.24, 2.45) is 0 Å². The van der Waals surface area contributed by atoms with Gasteiger partial charge in [0.05, 0.1) is 11.2 Å². The lowest BCUT2D eigenvalue weighted by molar-refractivity contribution is -0.192. The van der Waals surface area contributed by atoms with E-state index in [0.717, 1.165) is 42.0 Å². The molecule has 0 amide bonds. The molecule has 0 aliphatic heterocycles. The minimum Gasteiger partial charge on any atom is -0.475 e. The lowest BCUT2D eigenvalue weighted by Crippen LogP contribution is -2.21. The van der Waals surface area contributed by atoms with Gasteiger partial charge in [-0.3, -0.25) is 0 Å². The summed E-state index contributed by atoms with van der Waals surface area (Å²) < 4.78 is 31.7. The Morgan fingerprint density at radius 1 is 1.07 bits per heavy atom. The zero-order valence-electron chi connectivity index (χ0n) is 16.8. The van der Waals surface area contributed by atoms with Crippen LogP contribution in [-0.2, 0) is 4.79 Å². The monoisotopic (exact) mass is 419 g/mol. The largest absolute Gasteiger partial charge is 0.490 e. The number of aromatic nitrogens is 1. The predicted octanol–water partition coefficient (Wildman–Crippen LogP) is 4.90. The molecule has 0 spiro atoms. The molecule has 1 aromatic heterocycles. The third kappa shape index (κ3) is 7.04. The molecule has 0 radical (unpaired) electrons. The molecule has 0 aliphatic rings. The predicted molar refractivity (Wildman–Crippen MR) is 113 cm³/mol. The first-order chi connectivity index (χ1) is 14.2. The first-order valence-electron chi connectivity index (χ1n) is 9.32. The number of hydrogen-bond donors (Lipinski definition) is 2. The average Bonchev–Trinajstić information content (AvgIpc) is 2.71. The van der Waals surface area contributed by atoms with Gasteiger partial charge in [0, 0.05) is 23.2 Å². The number of pyridine rings is 1. The number of fused-ring (bicyclic) bond motifs is 1. The Balaban J connectivity index is 0.000000396. The number of hydrogen-bond acceptors (Lipinski definition) is 4. The first-order valence-corrected chi connectivity index (χ1v) is 9.32. The normalized spacial score (nSPS) is 11.1. The Bertz CT molecular complexity index is 961. The molecule has 160 valence electrons. The summed E-state index contributed by atoms with van der Waals surface area (Å²) in [6.45, 7) is 2.04. The van der Waals surface area contributed by atoms with E-state index in [9.17, 15) is 13.2 Å². The van der Waals surface area contributed by atoms with Crippen molar-refractivity contribution in [1.29, 1.82) is 0 Å². The van der Waals surface area contributed by atoms with E-state index in [1.54, 1.807) is 0 Å². The number of para-hydroxylation sites is 1. The molecule has 3 aromatic rings. The van der Waals surface area contributed by atoms with Crippen molar-refractivity contribution in [2.45, 2.75) is 12.6 Å². The molecule has 2 aromatic carbocycles. The molecular formula is C22H24F3N3O2. The van der Waals surface area contributed by atoms with Crippen LogP contribution in [0.2, 0.25) is 0 Å². The molecule has 5 nitrogen and oxygen atoms in total. The smallest absolute Gasteiger partial charge is 0.475 e. The number of halogens is 3. The molecular weight excluding hydrogens is 395 g/mol. The zero-order valence-corrected chi connectivity index (χ0v) is 16.8. The number of aliphatic carboxylic acids is 1. The number of rotatable bonds is 6. The van der Waals surface area contributed by atoms with Crippen LogP contribution in [0.15, 0.2) is 60.7 Å². The Hall–Kier alpha value is -3.13. The van der Waals surface area contributed by atoms with E-state index in [0.29, 0.717) is 0 Å². The van der Waals surface area contributed by atoms with E-state index in [1.807, 2.05) is 12.1 Å². The van der Waals surface area contributed by atoms with Crippen LogP contribution in [0.25, 0.3) is 22.2 Å². The molecule has 8 heteroatoms. The fraction of sp³-hybridized carbons (Fsp3) is 0.273. The fourth-order valence-corrected chi connectivity index (χ4v) is 2.70. The second-order valence-corrected chi connectivity index (χ2v) is 6.82. The molecule has 0 bridgehead atoms. The zero-order chi connectivity index (χ0) is 22.1.